The van der Waals surface area contributed by atoms with Gasteiger partial charge in [-0.2, -0.15) is 0 Å². The second-order valence-corrected chi connectivity index (χ2v) is 5.73. The lowest BCUT2D eigenvalue weighted by Gasteiger charge is -2.16. The third kappa shape index (κ3) is 4.27. The minimum Gasteiger partial charge on any atom is -0.481 e. The largest absolute Gasteiger partial charge is 0.481 e. The Bertz CT molecular complexity index is 1010. The Labute approximate surface area is 152 Å². The molecule has 3 aromatic rings. The first-order valence-electron chi connectivity index (χ1n) is 7.94. The van der Waals surface area contributed by atoms with Crippen molar-refractivity contribution in [3.63, 3.8) is 0 Å². The van der Waals surface area contributed by atoms with Crippen molar-refractivity contribution in [1.82, 2.24) is 20.1 Å². The van der Waals surface area contributed by atoms with Crippen LogP contribution in [0.25, 0.3) is 5.69 Å². The number of carbonyl (C=O) groups is 2. The van der Waals surface area contributed by atoms with Crippen molar-refractivity contribution in [3.8, 4) is 5.69 Å². The van der Waals surface area contributed by atoms with Gasteiger partial charge < -0.3 is 10.4 Å². The van der Waals surface area contributed by atoms with Crippen LogP contribution in [0.1, 0.15) is 28.5 Å². The Balaban J connectivity index is 1.84. The molecule has 0 radical (unpaired) electrons. The summed E-state index contributed by atoms with van der Waals surface area (Å²) in [6, 6.07) is 8.69. The summed E-state index contributed by atoms with van der Waals surface area (Å²) >= 11 is 0. The van der Waals surface area contributed by atoms with E-state index in [-0.39, 0.29) is 12.1 Å². The van der Waals surface area contributed by atoms with E-state index < -0.39 is 29.3 Å². The standard InChI is InChI=1S/C18H15FN4O4/c19-12-3-5-13(6-4-12)23-16(24)8-15(22-23)18(27)21-14(9-17(25)26)11-2-1-7-20-10-11/h1-8,10,14,22H,9H2,(H,21,27)(H,25,26)/t14-/m0/s1. The average Bonchev–Trinajstić information content (AvgIpc) is 3.04. The number of H-pyrrole nitrogens is 1. The van der Waals surface area contributed by atoms with E-state index in [4.69, 9.17) is 5.11 Å². The van der Waals surface area contributed by atoms with Gasteiger partial charge in [0, 0.05) is 18.5 Å². The third-order valence-electron chi connectivity index (χ3n) is 3.82. The van der Waals surface area contributed by atoms with Crippen LogP contribution in [0.2, 0.25) is 0 Å². The SMILES string of the molecule is O=C(O)C[C@H](NC(=O)c1cc(=O)n(-c2ccc(F)cc2)[nH]1)c1cccnc1. The zero-order valence-electron chi connectivity index (χ0n) is 13.9. The lowest BCUT2D eigenvalue weighted by atomic mass is 10.1. The first kappa shape index (κ1) is 18.1. The minimum atomic E-state index is -1.10. The quantitative estimate of drug-likeness (QED) is 0.610. The molecule has 0 saturated heterocycles. The molecule has 0 spiro atoms. The molecule has 2 heterocycles. The van der Waals surface area contributed by atoms with Crippen LogP contribution in [0.15, 0.2) is 59.7 Å². The predicted molar refractivity (Wildman–Crippen MR) is 93.0 cm³/mol. The smallest absolute Gasteiger partial charge is 0.305 e. The van der Waals surface area contributed by atoms with Crippen molar-refractivity contribution < 1.29 is 19.1 Å². The zero-order valence-corrected chi connectivity index (χ0v) is 13.9. The normalized spacial score (nSPS) is 11.7. The first-order chi connectivity index (χ1) is 12.9. The molecule has 0 fully saturated rings. The number of carboxylic acids is 1. The summed E-state index contributed by atoms with van der Waals surface area (Å²) in [5.41, 5.74) is 0.315. The third-order valence-corrected chi connectivity index (χ3v) is 3.82. The number of rotatable bonds is 6. The van der Waals surface area contributed by atoms with Crippen LogP contribution in [-0.2, 0) is 4.79 Å². The molecule has 2 aromatic heterocycles. The zero-order chi connectivity index (χ0) is 19.4. The monoisotopic (exact) mass is 370 g/mol. The number of benzene rings is 1. The highest BCUT2D eigenvalue weighted by Crippen LogP contribution is 2.16. The van der Waals surface area contributed by atoms with Gasteiger partial charge in [-0.25, -0.2) is 9.07 Å². The van der Waals surface area contributed by atoms with Crippen LogP contribution in [0.5, 0.6) is 0 Å². The number of nitrogens with zero attached hydrogens (tertiary/aromatic N) is 2. The van der Waals surface area contributed by atoms with E-state index in [0.29, 0.717) is 11.3 Å². The lowest BCUT2D eigenvalue weighted by Crippen LogP contribution is -2.30. The highest BCUT2D eigenvalue weighted by molar-refractivity contribution is 5.92. The molecule has 3 rings (SSSR count). The van der Waals surface area contributed by atoms with Crippen LogP contribution in [-0.4, -0.2) is 31.7 Å². The van der Waals surface area contributed by atoms with E-state index >= 15 is 0 Å². The van der Waals surface area contributed by atoms with Crippen molar-refractivity contribution >= 4 is 11.9 Å². The summed E-state index contributed by atoms with van der Waals surface area (Å²) in [6.07, 6.45) is 2.64. The van der Waals surface area contributed by atoms with Crippen molar-refractivity contribution in [1.29, 1.82) is 0 Å². The van der Waals surface area contributed by atoms with Gasteiger partial charge in [-0.3, -0.25) is 24.5 Å². The predicted octanol–water partition coefficient (Wildman–Crippen LogP) is 1.65. The molecule has 0 saturated carbocycles. The fourth-order valence-electron chi connectivity index (χ4n) is 2.54. The van der Waals surface area contributed by atoms with Crippen LogP contribution in [0, 0.1) is 5.82 Å². The minimum absolute atomic E-state index is 0.0522. The number of aromatic amines is 1. The number of halogens is 1. The van der Waals surface area contributed by atoms with Gasteiger partial charge in [0.25, 0.3) is 11.5 Å². The summed E-state index contributed by atoms with van der Waals surface area (Å²) < 4.78 is 14.1. The van der Waals surface area contributed by atoms with Crippen molar-refractivity contribution in [3.05, 3.63) is 82.3 Å². The van der Waals surface area contributed by atoms with E-state index in [2.05, 4.69) is 15.4 Å². The van der Waals surface area contributed by atoms with Crippen molar-refractivity contribution in [2.45, 2.75) is 12.5 Å². The van der Waals surface area contributed by atoms with E-state index in [1.54, 1.807) is 12.1 Å². The number of carboxylic acid groups (broad SMARTS) is 1. The highest BCUT2D eigenvalue weighted by atomic mass is 19.1. The Kier molecular flexibility index (Phi) is 5.11. The molecule has 8 nitrogen and oxygen atoms in total. The number of hydrogen-bond donors (Lipinski definition) is 3. The average molecular weight is 370 g/mol. The molecule has 0 aliphatic carbocycles. The summed E-state index contributed by atoms with van der Waals surface area (Å²) in [4.78, 5) is 39.6. The summed E-state index contributed by atoms with van der Waals surface area (Å²) in [5, 5.41) is 14.3. The second kappa shape index (κ2) is 7.65. The van der Waals surface area contributed by atoms with E-state index in [1.165, 1.54) is 36.7 Å². The lowest BCUT2D eigenvalue weighted by molar-refractivity contribution is -0.137. The Morgan fingerprint density at radius 2 is 2.00 bits per heavy atom. The molecule has 1 aromatic carbocycles. The number of carbonyl (C=O) groups excluding carboxylic acids is 1. The van der Waals surface area contributed by atoms with E-state index in [9.17, 15) is 18.8 Å². The number of nitrogens with one attached hydrogen (secondary N) is 2. The Hall–Kier alpha value is -3.75. The van der Waals surface area contributed by atoms with Crippen LogP contribution in [0.4, 0.5) is 4.39 Å². The molecule has 0 aliphatic rings. The molecule has 3 N–H and O–H groups in total. The van der Waals surface area contributed by atoms with E-state index in [1.807, 2.05) is 0 Å². The molecule has 1 amide bonds. The van der Waals surface area contributed by atoms with E-state index in [0.717, 1.165) is 10.7 Å². The van der Waals surface area contributed by atoms with Crippen molar-refractivity contribution in [2.24, 2.45) is 0 Å². The number of hydrogen-bond acceptors (Lipinski definition) is 4. The van der Waals surface area contributed by atoms with Gasteiger partial charge in [0.2, 0.25) is 0 Å². The molecule has 1 atom stereocenters. The Morgan fingerprint density at radius 1 is 1.26 bits per heavy atom. The maximum absolute atomic E-state index is 13.0. The first-order valence-corrected chi connectivity index (χ1v) is 7.94. The van der Waals surface area contributed by atoms with Crippen LogP contribution < -0.4 is 10.9 Å². The molecule has 0 bridgehead atoms. The topological polar surface area (TPSA) is 117 Å². The molecule has 0 aliphatic heterocycles. The Morgan fingerprint density at radius 3 is 2.63 bits per heavy atom. The number of amides is 1. The van der Waals surface area contributed by atoms with Gasteiger partial charge in [-0.05, 0) is 35.9 Å². The van der Waals surface area contributed by atoms with Gasteiger partial charge in [-0.15, -0.1) is 0 Å². The van der Waals surface area contributed by atoms with Crippen molar-refractivity contribution in [2.75, 3.05) is 0 Å². The maximum atomic E-state index is 13.0. The van der Waals surface area contributed by atoms with Gasteiger partial charge in [0.15, 0.2) is 0 Å². The molecular weight excluding hydrogens is 355 g/mol. The summed E-state index contributed by atoms with van der Waals surface area (Å²) in [5.74, 6) is -2.20. The number of pyridine rings is 1. The van der Waals surface area contributed by atoms with Crippen LogP contribution >= 0.6 is 0 Å². The van der Waals surface area contributed by atoms with Gasteiger partial charge in [0.1, 0.15) is 11.5 Å². The molecule has 9 heteroatoms. The van der Waals surface area contributed by atoms with Gasteiger partial charge in [-0.1, -0.05) is 6.07 Å². The fraction of sp³-hybridized carbons (Fsp3) is 0.111. The van der Waals surface area contributed by atoms with Gasteiger partial charge in [0.05, 0.1) is 18.2 Å². The maximum Gasteiger partial charge on any atom is 0.305 e. The fourth-order valence-corrected chi connectivity index (χ4v) is 2.54. The molecule has 27 heavy (non-hydrogen) atoms. The van der Waals surface area contributed by atoms with Crippen LogP contribution in [0.3, 0.4) is 0 Å². The molecular formula is C18H15FN4O4. The second-order valence-electron chi connectivity index (χ2n) is 5.73. The number of aliphatic carboxylic acids is 1. The summed E-state index contributed by atoms with van der Waals surface area (Å²) in [6.45, 7) is 0. The summed E-state index contributed by atoms with van der Waals surface area (Å²) in [7, 11) is 0. The van der Waals surface area contributed by atoms with Gasteiger partial charge >= 0.3 is 5.97 Å². The number of aromatic nitrogens is 3. The highest BCUT2D eigenvalue weighted by Gasteiger charge is 2.21. The molecule has 0 unspecified atom stereocenters. The molecule has 138 valence electrons.